The summed E-state index contributed by atoms with van der Waals surface area (Å²) in [7, 11) is 1.67. The van der Waals surface area contributed by atoms with E-state index >= 15 is 0 Å². The molecule has 2 aromatic rings. The number of aromatic nitrogens is 2. The summed E-state index contributed by atoms with van der Waals surface area (Å²) in [5, 5.41) is 3.20. The van der Waals surface area contributed by atoms with Crippen LogP contribution in [-0.4, -0.2) is 30.2 Å². The topological polar surface area (TPSA) is 56.3 Å². The molecule has 0 fully saturated rings. The van der Waals surface area contributed by atoms with E-state index in [1.807, 2.05) is 18.2 Å². The third-order valence-electron chi connectivity index (χ3n) is 2.92. The standard InChI is InChI=1S/C16H21N3O2/c1-3-11-21-15-8-10-18-16(19-15)17-9-7-13-5-4-6-14(12-13)20-2/h4-6,8,10,12H,3,7,9,11H2,1-2H3,(H,17,18,19). The summed E-state index contributed by atoms with van der Waals surface area (Å²) >= 11 is 0. The molecule has 0 saturated carbocycles. The number of benzene rings is 1. The van der Waals surface area contributed by atoms with Crippen LogP contribution >= 0.6 is 0 Å². The Labute approximate surface area is 125 Å². The van der Waals surface area contributed by atoms with Gasteiger partial charge < -0.3 is 14.8 Å². The summed E-state index contributed by atoms with van der Waals surface area (Å²) in [4.78, 5) is 8.49. The molecule has 1 aromatic carbocycles. The Kier molecular flexibility index (Phi) is 5.82. The predicted octanol–water partition coefficient (Wildman–Crippen LogP) is 2.93. The van der Waals surface area contributed by atoms with Gasteiger partial charge in [-0.15, -0.1) is 0 Å². The third-order valence-corrected chi connectivity index (χ3v) is 2.92. The molecule has 5 heteroatoms. The summed E-state index contributed by atoms with van der Waals surface area (Å²) in [5.41, 5.74) is 1.21. The Morgan fingerprint density at radius 3 is 2.95 bits per heavy atom. The summed E-state index contributed by atoms with van der Waals surface area (Å²) in [6.07, 6.45) is 3.54. The van der Waals surface area contributed by atoms with Crippen LogP contribution in [0.4, 0.5) is 5.95 Å². The number of nitrogens with one attached hydrogen (secondary N) is 1. The Hall–Kier alpha value is -2.30. The smallest absolute Gasteiger partial charge is 0.225 e. The fourth-order valence-electron chi connectivity index (χ4n) is 1.86. The molecule has 0 unspecified atom stereocenters. The van der Waals surface area contributed by atoms with Crippen LogP contribution in [0.5, 0.6) is 11.6 Å². The van der Waals surface area contributed by atoms with Crippen LogP contribution in [0.2, 0.25) is 0 Å². The van der Waals surface area contributed by atoms with Gasteiger partial charge in [-0.25, -0.2) is 4.98 Å². The van der Waals surface area contributed by atoms with Crippen molar-refractivity contribution in [3.8, 4) is 11.6 Å². The van der Waals surface area contributed by atoms with E-state index in [1.54, 1.807) is 19.4 Å². The molecule has 0 atom stereocenters. The summed E-state index contributed by atoms with van der Waals surface area (Å²) < 4.78 is 10.7. The van der Waals surface area contributed by atoms with Crippen molar-refractivity contribution in [2.45, 2.75) is 19.8 Å². The average Bonchev–Trinajstić information content (AvgIpc) is 2.53. The zero-order valence-electron chi connectivity index (χ0n) is 12.5. The molecule has 2 rings (SSSR count). The first-order valence-electron chi connectivity index (χ1n) is 7.14. The van der Waals surface area contributed by atoms with Crippen LogP contribution in [0, 0.1) is 0 Å². The number of anilines is 1. The minimum Gasteiger partial charge on any atom is -0.497 e. The average molecular weight is 287 g/mol. The van der Waals surface area contributed by atoms with Gasteiger partial charge in [0.15, 0.2) is 0 Å². The quantitative estimate of drug-likeness (QED) is 0.809. The first-order chi connectivity index (χ1) is 10.3. The van der Waals surface area contributed by atoms with Gasteiger partial charge in [0.1, 0.15) is 5.75 Å². The molecule has 1 heterocycles. The van der Waals surface area contributed by atoms with Crippen LogP contribution in [0.1, 0.15) is 18.9 Å². The van der Waals surface area contributed by atoms with Crippen molar-refractivity contribution in [1.82, 2.24) is 9.97 Å². The van der Waals surface area contributed by atoms with Crippen molar-refractivity contribution in [1.29, 1.82) is 0 Å². The van der Waals surface area contributed by atoms with Crippen LogP contribution in [0.25, 0.3) is 0 Å². The van der Waals surface area contributed by atoms with Crippen LogP contribution in [-0.2, 0) is 6.42 Å². The number of ether oxygens (including phenoxy) is 2. The highest BCUT2D eigenvalue weighted by Crippen LogP contribution is 2.13. The van der Waals surface area contributed by atoms with Crippen molar-refractivity contribution >= 4 is 5.95 Å². The van der Waals surface area contributed by atoms with Crippen LogP contribution in [0.3, 0.4) is 0 Å². The maximum Gasteiger partial charge on any atom is 0.225 e. The summed E-state index contributed by atoms with van der Waals surface area (Å²) in [5.74, 6) is 2.07. The van der Waals surface area contributed by atoms with E-state index in [1.165, 1.54) is 5.56 Å². The number of rotatable bonds is 8. The molecule has 0 aliphatic carbocycles. The predicted molar refractivity (Wildman–Crippen MR) is 83.0 cm³/mol. The second-order valence-corrected chi connectivity index (χ2v) is 4.60. The fraction of sp³-hybridized carbons (Fsp3) is 0.375. The highest BCUT2D eigenvalue weighted by molar-refractivity contribution is 5.31. The van der Waals surface area contributed by atoms with Crippen LogP contribution in [0.15, 0.2) is 36.5 Å². The van der Waals surface area contributed by atoms with E-state index in [0.29, 0.717) is 18.4 Å². The SMILES string of the molecule is CCCOc1ccnc(NCCc2cccc(OC)c2)n1. The summed E-state index contributed by atoms with van der Waals surface area (Å²) in [6.45, 7) is 3.49. The molecular formula is C16H21N3O2. The molecule has 1 aromatic heterocycles. The highest BCUT2D eigenvalue weighted by Gasteiger charge is 2.00. The largest absolute Gasteiger partial charge is 0.497 e. The van der Waals surface area contributed by atoms with E-state index < -0.39 is 0 Å². The van der Waals surface area contributed by atoms with Gasteiger partial charge in [-0.3, -0.25) is 0 Å². The molecule has 21 heavy (non-hydrogen) atoms. The van der Waals surface area contributed by atoms with E-state index in [9.17, 15) is 0 Å². The Morgan fingerprint density at radius 1 is 1.24 bits per heavy atom. The van der Waals surface area contributed by atoms with E-state index in [4.69, 9.17) is 9.47 Å². The lowest BCUT2D eigenvalue weighted by molar-refractivity contribution is 0.305. The lowest BCUT2D eigenvalue weighted by Crippen LogP contribution is -2.08. The van der Waals surface area contributed by atoms with Gasteiger partial charge in [-0.05, 0) is 30.5 Å². The summed E-state index contributed by atoms with van der Waals surface area (Å²) in [6, 6.07) is 9.80. The maximum absolute atomic E-state index is 5.48. The second-order valence-electron chi connectivity index (χ2n) is 4.60. The van der Waals surface area contributed by atoms with Gasteiger partial charge in [-0.1, -0.05) is 19.1 Å². The minimum absolute atomic E-state index is 0.589. The third kappa shape index (κ3) is 4.95. The van der Waals surface area contributed by atoms with E-state index in [-0.39, 0.29) is 0 Å². The minimum atomic E-state index is 0.589. The zero-order chi connectivity index (χ0) is 14.9. The van der Waals surface area contributed by atoms with Crippen molar-refractivity contribution in [2.24, 2.45) is 0 Å². The number of hydrogen-bond acceptors (Lipinski definition) is 5. The van der Waals surface area contributed by atoms with Gasteiger partial charge in [0.25, 0.3) is 0 Å². The van der Waals surface area contributed by atoms with Crippen molar-refractivity contribution in [3.63, 3.8) is 0 Å². The molecule has 5 nitrogen and oxygen atoms in total. The lowest BCUT2D eigenvalue weighted by Gasteiger charge is -2.08. The van der Waals surface area contributed by atoms with Crippen molar-refractivity contribution < 1.29 is 9.47 Å². The first-order valence-corrected chi connectivity index (χ1v) is 7.14. The number of methoxy groups -OCH3 is 1. The molecule has 0 aliphatic rings. The van der Waals surface area contributed by atoms with Gasteiger partial charge in [0.2, 0.25) is 11.8 Å². The molecule has 0 aliphatic heterocycles. The molecule has 0 spiro atoms. The molecule has 0 radical (unpaired) electrons. The normalized spacial score (nSPS) is 10.2. The Balaban J connectivity index is 1.85. The Morgan fingerprint density at radius 2 is 2.14 bits per heavy atom. The number of nitrogens with zero attached hydrogens (tertiary/aromatic N) is 2. The van der Waals surface area contributed by atoms with Crippen molar-refractivity contribution in [3.05, 3.63) is 42.1 Å². The number of hydrogen-bond donors (Lipinski definition) is 1. The first kappa shape index (κ1) is 15.1. The Bertz CT molecular complexity index is 561. The van der Waals surface area contributed by atoms with Gasteiger partial charge >= 0.3 is 0 Å². The van der Waals surface area contributed by atoms with Gasteiger partial charge in [-0.2, -0.15) is 4.98 Å². The van der Waals surface area contributed by atoms with Crippen LogP contribution < -0.4 is 14.8 Å². The monoisotopic (exact) mass is 287 g/mol. The zero-order valence-corrected chi connectivity index (χ0v) is 12.5. The maximum atomic E-state index is 5.48. The molecular weight excluding hydrogens is 266 g/mol. The second kappa shape index (κ2) is 8.09. The fourth-order valence-corrected chi connectivity index (χ4v) is 1.86. The molecule has 1 N–H and O–H groups in total. The van der Waals surface area contributed by atoms with E-state index in [0.717, 1.165) is 25.1 Å². The highest BCUT2D eigenvalue weighted by atomic mass is 16.5. The molecule has 0 amide bonds. The van der Waals surface area contributed by atoms with E-state index in [2.05, 4.69) is 28.3 Å². The molecule has 0 bridgehead atoms. The lowest BCUT2D eigenvalue weighted by atomic mass is 10.1. The molecule has 112 valence electrons. The van der Waals surface area contributed by atoms with Gasteiger partial charge in [0.05, 0.1) is 13.7 Å². The van der Waals surface area contributed by atoms with Crippen molar-refractivity contribution in [2.75, 3.05) is 25.6 Å². The molecule has 0 saturated heterocycles. The van der Waals surface area contributed by atoms with Gasteiger partial charge in [0, 0.05) is 18.8 Å².